The summed E-state index contributed by atoms with van der Waals surface area (Å²) in [4.78, 5) is 25.5. The Balaban J connectivity index is 1.93. The molecule has 3 aromatic carbocycles. The number of benzene rings is 3. The molecule has 0 radical (unpaired) electrons. The largest absolute Gasteiger partial charge is 0.493 e. The van der Waals surface area contributed by atoms with Crippen LogP contribution in [0.3, 0.4) is 0 Å². The van der Waals surface area contributed by atoms with Gasteiger partial charge in [0.1, 0.15) is 12.4 Å². The van der Waals surface area contributed by atoms with E-state index < -0.39 is 34.2 Å². The molecule has 202 valence electrons. The molecule has 0 bridgehead atoms. The van der Waals surface area contributed by atoms with Crippen LogP contribution in [0.4, 0.5) is 15.8 Å². The van der Waals surface area contributed by atoms with Crippen LogP contribution >= 0.6 is 0 Å². The summed E-state index contributed by atoms with van der Waals surface area (Å²) in [5.74, 6) is -1.25. The van der Waals surface area contributed by atoms with Crippen molar-refractivity contribution in [2.45, 2.75) is 4.90 Å². The van der Waals surface area contributed by atoms with E-state index >= 15 is 0 Å². The van der Waals surface area contributed by atoms with E-state index in [1.54, 1.807) is 12.1 Å². The molecule has 2 amide bonds. The Kier molecular flexibility index (Phi) is 9.63. The van der Waals surface area contributed by atoms with E-state index in [1.165, 1.54) is 63.8 Å². The Morgan fingerprint density at radius 3 is 2.26 bits per heavy atom. The summed E-state index contributed by atoms with van der Waals surface area (Å²) in [7, 11) is -0.0518. The lowest BCUT2D eigenvalue weighted by Crippen LogP contribution is -2.38. The average molecular weight is 546 g/mol. The van der Waals surface area contributed by atoms with Gasteiger partial charge in [0.15, 0.2) is 11.5 Å². The first kappa shape index (κ1) is 28.4. The zero-order chi connectivity index (χ0) is 27.7. The van der Waals surface area contributed by atoms with E-state index in [1.807, 2.05) is 0 Å². The number of rotatable bonds is 12. The van der Waals surface area contributed by atoms with Gasteiger partial charge in [0.05, 0.1) is 42.7 Å². The molecule has 0 aromatic heterocycles. The molecule has 0 saturated heterocycles. The zero-order valence-corrected chi connectivity index (χ0v) is 21.9. The fourth-order valence-corrected chi connectivity index (χ4v) is 4.94. The van der Waals surface area contributed by atoms with Gasteiger partial charge in [0, 0.05) is 19.7 Å². The number of amides is 2. The van der Waals surface area contributed by atoms with Crippen molar-refractivity contribution in [1.82, 2.24) is 5.32 Å². The van der Waals surface area contributed by atoms with Gasteiger partial charge in [-0.15, -0.1) is 0 Å². The summed E-state index contributed by atoms with van der Waals surface area (Å²) in [6.45, 7) is -0.0949. The van der Waals surface area contributed by atoms with Crippen LogP contribution in [0.2, 0.25) is 0 Å². The third-order valence-electron chi connectivity index (χ3n) is 5.38. The number of nitrogens with zero attached hydrogens (tertiary/aromatic N) is 1. The summed E-state index contributed by atoms with van der Waals surface area (Å²) < 4.78 is 57.1. The van der Waals surface area contributed by atoms with Crippen molar-refractivity contribution >= 4 is 33.2 Å². The molecular weight excluding hydrogens is 517 g/mol. The SMILES string of the molecule is COCCNC(=O)c1ccccc1NC(=O)CN(c1ccc(F)cc1)S(=O)(=O)c1ccc(OC)c(OC)c1. The number of halogens is 1. The smallest absolute Gasteiger partial charge is 0.264 e. The number of methoxy groups -OCH3 is 3. The Morgan fingerprint density at radius 1 is 0.921 bits per heavy atom. The lowest BCUT2D eigenvalue weighted by atomic mass is 10.1. The van der Waals surface area contributed by atoms with Crippen molar-refractivity contribution in [2.75, 3.05) is 50.6 Å². The zero-order valence-electron chi connectivity index (χ0n) is 21.1. The van der Waals surface area contributed by atoms with E-state index in [9.17, 15) is 22.4 Å². The Labute approximate surface area is 220 Å². The maximum atomic E-state index is 13.7. The second-order valence-electron chi connectivity index (χ2n) is 7.85. The normalized spacial score (nSPS) is 10.9. The summed E-state index contributed by atoms with van der Waals surface area (Å²) >= 11 is 0. The third-order valence-corrected chi connectivity index (χ3v) is 7.15. The van der Waals surface area contributed by atoms with Gasteiger partial charge in [-0.1, -0.05) is 12.1 Å². The number of hydrogen-bond acceptors (Lipinski definition) is 7. The predicted molar refractivity (Wildman–Crippen MR) is 140 cm³/mol. The molecule has 38 heavy (non-hydrogen) atoms. The van der Waals surface area contributed by atoms with Gasteiger partial charge in [0.2, 0.25) is 5.91 Å². The Morgan fingerprint density at radius 2 is 1.61 bits per heavy atom. The van der Waals surface area contributed by atoms with Crippen LogP contribution < -0.4 is 24.4 Å². The fourth-order valence-electron chi connectivity index (χ4n) is 3.50. The van der Waals surface area contributed by atoms with Crippen LogP contribution in [-0.4, -0.2) is 61.3 Å². The second kappa shape index (κ2) is 12.9. The van der Waals surface area contributed by atoms with Crippen LogP contribution in [0, 0.1) is 5.82 Å². The maximum Gasteiger partial charge on any atom is 0.264 e. The first-order valence-corrected chi connectivity index (χ1v) is 12.8. The molecule has 0 spiro atoms. The molecule has 0 atom stereocenters. The molecule has 10 nitrogen and oxygen atoms in total. The number of para-hydroxylation sites is 1. The van der Waals surface area contributed by atoms with Gasteiger partial charge in [-0.3, -0.25) is 13.9 Å². The summed E-state index contributed by atoms with van der Waals surface area (Å²) in [6.07, 6.45) is 0. The minimum atomic E-state index is -4.33. The van der Waals surface area contributed by atoms with Gasteiger partial charge in [-0.2, -0.15) is 0 Å². The van der Waals surface area contributed by atoms with E-state index in [0.29, 0.717) is 12.4 Å². The first-order valence-electron chi connectivity index (χ1n) is 11.4. The maximum absolute atomic E-state index is 13.7. The predicted octanol–water partition coefficient (Wildman–Crippen LogP) is 3.05. The second-order valence-corrected chi connectivity index (χ2v) is 9.71. The number of nitrogens with one attached hydrogen (secondary N) is 2. The van der Waals surface area contributed by atoms with E-state index in [4.69, 9.17) is 14.2 Å². The lowest BCUT2D eigenvalue weighted by molar-refractivity contribution is -0.114. The van der Waals surface area contributed by atoms with E-state index in [-0.39, 0.29) is 34.1 Å². The number of hydrogen-bond donors (Lipinski definition) is 2. The number of ether oxygens (including phenoxy) is 3. The highest BCUT2D eigenvalue weighted by Gasteiger charge is 2.29. The lowest BCUT2D eigenvalue weighted by Gasteiger charge is -2.24. The molecule has 0 aliphatic carbocycles. The number of anilines is 2. The number of carbonyl (C=O) groups is 2. The molecule has 2 N–H and O–H groups in total. The number of carbonyl (C=O) groups excluding carboxylic acids is 2. The van der Waals surface area contributed by atoms with Crippen molar-refractivity contribution in [3.63, 3.8) is 0 Å². The highest BCUT2D eigenvalue weighted by molar-refractivity contribution is 7.92. The highest BCUT2D eigenvalue weighted by Crippen LogP contribution is 2.32. The van der Waals surface area contributed by atoms with Crippen LogP contribution in [0.25, 0.3) is 0 Å². The monoisotopic (exact) mass is 545 g/mol. The molecule has 3 rings (SSSR count). The van der Waals surface area contributed by atoms with Crippen molar-refractivity contribution in [3.8, 4) is 11.5 Å². The molecule has 3 aromatic rings. The van der Waals surface area contributed by atoms with Crippen molar-refractivity contribution in [1.29, 1.82) is 0 Å². The molecule has 0 aliphatic heterocycles. The van der Waals surface area contributed by atoms with Crippen LogP contribution in [-0.2, 0) is 19.6 Å². The van der Waals surface area contributed by atoms with Gasteiger partial charge >= 0.3 is 0 Å². The Hall–Kier alpha value is -4.16. The standard InChI is InChI=1S/C26H28FN3O7S/c1-35-15-14-28-26(32)21-6-4-5-7-22(21)29-25(31)17-30(19-10-8-18(27)9-11-19)38(33,34)20-12-13-23(36-2)24(16-20)37-3/h4-13,16H,14-15,17H2,1-3H3,(H,28,32)(H,29,31). The minimum Gasteiger partial charge on any atom is -0.493 e. The fraction of sp³-hybridized carbons (Fsp3) is 0.231. The average Bonchev–Trinajstić information content (AvgIpc) is 2.92. The minimum absolute atomic E-state index is 0.0573. The molecular formula is C26H28FN3O7S. The van der Waals surface area contributed by atoms with Crippen LogP contribution in [0.5, 0.6) is 11.5 Å². The molecule has 0 saturated carbocycles. The summed E-state index contributed by atoms with van der Waals surface area (Å²) in [5.41, 5.74) is 0.435. The first-order chi connectivity index (χ1) is 18.2. The molecule has 12 heteroatoms. The highest BCUT2D eigenvalue weighted by atomic mass is 32.2. The summed E-state index contributed by atoms with van der Waals surface area (Å²) in [6, 6.07) is 15.0. The van der Waals surface area contributed by atoms with E-state index in [2.05, 4.69) is 10.6 Å². The van der Waals surface area contributed by atoms with Gasteiger partial charge < -0.3 is 24.8 Å². The van der Waals surface area contributed by atoms with Crippen LogP contribution in [0.1, 0.15) is 10.4 Å². The molecule has 0 unspecified atom stereocenters. The summed E-state index contributed by atoms with van der Waals surface area (Å²) in [5, 5.41) is 5.27. The van der Waals surface area contributed by atoms with Gasteiger partial charge in [0.25, 0.3) is 15.9 Å². The molecule has 0 heterocycles. The van der Waals surface area contributed by atoms with Crippen LogP contribution in [0.15, 0.2) is 71.6 Å². The van der Waals surface area contributed by atoms with Crippen molar-refractivity contribution < 1.29 is 36.6 Å². The Bertz CT molecular complexity index is 1380. The van der Waals surface area contributed by atoms with Crippen molar-refractivity contribution in [3.05, 3.63) is 78.1 Å². The third kappa shape index (κ3) is 6.78. The topological polar surface area (TPSA) is 123 Å². The van der Waals surface area contributed by atoms with Gasteiger partial charge in [-0.05, 0) is 48.5 Å². The molecule has 0 aliphatic rings. The quantitative estimate of drug-likeness (QED) is 0.335. The number of sulfonamides is 1. The van der Waals surface area contributed by atoms with Gasteiger partial charge in [-0.25, -0.2) is 12.8 Å². The van der Waals surface area contributed by atoms with Crippen molar-refractivity contribution in [2.24, 2.45) is 0 Å². The molecule has 0 fully saturated rings. The van der Waals surface area contributed by atoms with E-state index in [0.717, 1.165) is 16.4 Å².